The molecule has 5 heteroatoms. The standard InChI is InChI=1S/C24H25N3O2/c1-15-5-4-7-19(25-15)21(28)27-24-12-16-9-17(13-24)11-23(10-16,14-24)22-26-18-6-2-3-8-20(18)29-22/h2-8,16-17H,9-14H2,1H3,(H,27,28). The molecule has 148 valence electrons. The molecule has 4 fully saturated rings. The van der Waals surface area contributed by atoms with Gasteiger partial charge < -0.3 is 9.73 Å². The lowest BCUT2D eigenvalue weighted by Gasteiger charge is -2.61. The Morgan fingerprint density at radius 1 is 1.03 bits per heavy atom. The van der Waals surface area contributed by atoms with Crippen LogP contribution >= 0.6 is 0 Å². The maximum absolute atomic E-state index is 13.1. The SMILES string of the molecule is Cc1cccc(C(=O)NC23CC4CC(C2)CC(c2nc5ccccc5o2)(C4)C3)n1. The molecule has 1 N–H and O–H groups in total. The predicted octanol–water partition coefficient (Wildman–Crippen LogP) is 4.55. The monoisotopic (exact) mass is 387 g/mol. The van der Waals surface area contributed by atoms with Crippen molar-refractivity contribution in [2.75, 3.05) is 0 Å². The summed E-state index contributed by atoms with van der Waals surface area (Å²) in [7, 11) is 0. The summed E-state index contributed by atoms with van der Waals surface area (Å²) in [5.41, 5.74) is 2.94. The van der Waals surface area contributed by atoms with Crippen molar-refractivity contribution in [1.29, 1.82) is 0 Å². The summed E-state index contributed by atoms with van der Waals surface area (Å²) < 4.78 is 6.27. The third-order valence-corrected chi connectivity index (χ3v) is 7.31. The van der Waals surface area contributed by atoms with Crippen molar-refractivity contribution in [1.82, 2.24) is 15.3 Å². The summed E-state index contributed by atoms with van der Waals surface area (Å²) in [5.74, 6) is 2.07. The number of para-hydroxylation sites is 2. The minimum atomic E-state index is -0.173. The average molecular weight is 387 g/mol. The number of benzene rings is 1. The smallest absolute Gasteiger partial charge is 0.270 e. The molecule has 0 aliphatic heterocycles. The Labute approximate surface area is 169 Å². The van der Waals surface area contributed by atoms with Crippen LogP contribution in [0, 0.1) is 18.8 Å². The molecule has 4 aliphatic rings. The Balaban J connectivity index is 1.36. The number of amides is 1. The molecule has 0 radical (unpaired) electrons. The quantitative estimate of drug-likeness (QED) is 0.716. The predicted molar refractivity (Wildman–Crippen MR) is 110 cm³/mol. The topological polar surface area (TPSA) is 68.0 Å². The van der Waals surface area contributed by atoms with Crippen molar-refractivity contribution in [2.24, 2.45) is 11.8 Å². The summed E-state index contributed by atoms with van der Waals surface area (Å²) >= 11 is 0. The second-order valence-corrected chi connectivity index (χ2v) is 9.63. The molecule has 4 bridgehead atoms. The first-order valence-electron chi connectivity index (χ1n) is 10.6. The van der Waals surface area contributed by atoms with E-state index >= 15 is 0 Å². The molecule has 7 rings (SSSR count). The number of carbonyl (C=O) groups is 1. The average Bonchev–Trinajstić information content (AvgIpc) is 3.12. The third-order valence-electron chi connectivity index (χ3n) is 7.31. The van der Waals surface area contributed by atoms with Gasteiger partial charge in [-0.2, -0.15) is 0 Å². The molecular formula is C24H25N3O2. The van der Waals surface area contributed by atoms with E-state index in [0.717, 1.165) is 54.8 Å². The van der Waals surface area contributed by atoms with E-state index in [4.69, 9.17) is 9.40 Å². The van der Waals surface area contributed by atoms with Crippen LogP contribution < -0.4 is 5.32 Å². The van der Waals surface area contributed by atoms with Crippen molar-refractivity contribution in [3.05, 3.63) is 59.7 Å². The van der Waals surface area contributed by atoms with Crippen LogP contribution in [0.3, 0.4) is 0 Å². The van der Waals surface area contributed by atoms with Crippen LogP contribution in [0.4, 0.5) is 0 Å². The minimum absolute atomic E-state index is 0.0524. The maximum atomic E-state index is 13.1. The second-order valence-electron chi connectivity index (χ2n) is 9.63. The van der Waals surface area contributed by atoms with Crippen LogP contribution in [0.5, 0.6) is 0 Å². The molecule has 5 nitrogen and oxygen atoms in total. The molecule has 29 heavy (non-hydrogen) atoms. The summed E-state index contributed by atoms with van der Waals surface area (Å²) in [6.07, 6.45) is 6.54. The van der Waals surface area contributed by atoms with Gasteiger partial charge in [-0.05, 0) is 81.5 Å². The first-order valence-corrected chi connectivity index (χ1v) is 10.6. The molecule has 1 aromatic carbocycles. The third kappa shape index (κ3) is 2.70. The Morgan fingerprint density at radius 2 is 1.83 bits per heavy atom. The molecule has 0 saturated heterocycles. The molecule has 4 saturated carbocycles. The van der Waals surface area contributed by atoms with Crippen molar-refractivity contribution in [2.45, 2.75) is 56.4 Å². The molecule has 2 heterocycles. The molecule has 1 amide bonds. The van der Waals surface area contributed by atoms with Crippen LogP contribution in [0.1, 0.15) is 60.6 Å². The summed E-state index contributed by atoms with van der Waals surface area (Å²) in [4.78, 5) is 22.4. The van der Waals surface area contributed by atoms with Gasteiger partial charge in [-0.25, -0.2) is 9.97 Å². The zero-order valence-electron chi connectivity index (χ0n) is 16.6. The number of oxazole rings is 1. The normalized spacial score (nSPS) is 32.6. The van der Waals surface area contributed by atoms with Gasteiger partial charge in [-0.3, -0.25) is 4.79 Å². The Bertz CT molecular complexity index is 1070. The lowest BCUT2D eigenvalue weighted by atomic mass is 9.46. The largest absolute Gasteiger partial charge is 0.440 e. The van der Waals surface area contributed by atoms with Gasteiger partial charge in [-0.15, -0.1) is 0 Å². The number of nitrogens with zero attached hydrogens (tertiary/aromatic N) is 2. The Hall–Kier alpha value is -2.69. The van der Waals surface area contributed by atoms with Gasteiger partial charge >= 0.3 is 0 Å². The molecule has 3 aromatic rings. The van der Waals surface area contributed by atoms with Crippen LogP contribution in [0.2, 0.25) is 0 Å². The fourth-order valence-corrected chi connectivity index (χ4v) is 6.73. The van der Waals surface area contributed by atoms with Gasteiger partial charge in [0.25, 0.3) is 5.91 Å². The van der Waals surface area contributed by atoms with Gasteiger partial charge in [0.05, 0.1) is 0 Å². The maximum Gasteiger partial charge on any atom is 0.270 e. The van der Waals surface area contributed by atoms with E-state index in [1.165, 1.54) is 6.42 Å². The van der Waals surface area contributed by atoms with Crippen LogP contribution in [-0.4, -0.2) is 21.4 Å². The van der Waals surface area contributed by atoms with Gasteiger partial charge in [0, 0.05) is 16.6 Å². The zero-order chi connectivity index (χ0) is 19.6. The zero-order valence-corrected chi connectivity index (χ0v) is 16.6. The van der Waals surface area contributed by atoms with Crippen molar-refractivity contribution in [3.8, 4) is 0 Å². The first-order chi connectivity index (χ1) is 14.0. The van der Waals surface area contributed by atoms with E-state index in [0.29, 0.717) is 17.5 Å². The van der Waals surface area contributed by atoms with Gasteiger partial charge in [0.15, 0.2) is 5.58 Å². The molecule has 0 spiro atoms. The van der Waals surface area contributed by atoms with Gasteiger partial charge in [0.2, 0.25) is 5.89 Å². The van der Waals surface area contributed by atoms with Gasteiger partial charge in [-0.1, -0.05) is 18.2 Å². The highest BCUT2D eigenvalue weighted by Gasteiger charge is 2.60. The van der Waals surface area contributed by atoms with Crippen LogP contribution in [-0.2, 0) is 5.41 Å². The lowest BCUT2D eigenvalue weighted by molar-refractivity contribution is -0.0466. The molecule has 2 atom stereocenters. The van der Waals surface area contributed by atoms with Crippen molar-refractivity contribution >= 4 is 17.0 Å². The second kappa shape index (κ2) is 5.91. The number of fused-ring (bicyclic) bond motifs is 1. The number of aryl methyl sites for hydroxylation is 1. The molecule has 2 unspecified atom stereocenters. The molecular weight excluding hydrogens is 362 g/mol. The number of carbonyl (C=O) groups excluding carboxylic acids is 1. The number of hydrogen-bond donors (Lipinski definition) is 1. The van der Waals surface area contributed by atoms with E-state index in [2.05, 4.69) is 10.3 Å². The van der Waals surface area contributed by atoms with E-state index < -0.39 is 0 Å². The van der Waals surface area contributed by atoms with E-state index in [-0.39, 0.29) is 16.9 Å². The van der Waals surface area contributed by atoms with Gasteiger partial charge in [0.1, 0.15) is 11.2 Å². The van der Waals surface area contributed by atoms with E-state index in [1.54, 1.807) is 6.07 Å². The molecule has 2 aromatic heterocycles. The highest BCUT2D eigenvalue weighted by molar-refractivity contribution is 5.92. The lowest BCUT2D eigenvalue weighted by Crippen LogP contribution is -2.64. The number of aromatic nitrogens is 2. The molecule has 4 aliphatic carbocycles. The van der Waals surface area contributed by atoms with Crippen molar-refractivity contribution < 1.29 is 9.21 Å². The number of rotatable bonds is 3. The summed E-state index contributed by atoms with van der Waals surface area (Å²) in [6, 6.07) is 13.6. The Morgan fingerprint density at radius 3 is 2.59 bits per heavy atom. The fraction of sp³-hybridized carbons (Fsp3) is 0.458. The summed E-state index contributed by atoms with van der Waals surface area (Å²) in [5, 5.41) is 3.43. The van der Waals surface area contributed by atoms with Crippen LogP contribution in [0.25, 0.3) is 11.1 Å². The highest BCUT2D eigenvalue weighted by atomic mass is 16.3. The fourth-order valence-electron chi connectivity index (χ4n) is 6.73. The summed E-state index contributed by atoms with van der Waals surface area (Å²) in [6.45, 7) is 1.92. The number of hydrogen-bond acceptors (Lipinski definition) is 4. The van der Waals surface area contributed by atoms with Crippen LogP contribution in [0.15, 0.2) is 46.9 Å². The van der Waals surface area contributed by atoms with Crippen molar-refractivity contribution in [3.63, 3.8) is 0 Å². The minimum Gasteiger partial charge on any atom is -0.440 e. The highest BCUT2D eigenvalue weighted by Crippen LogP contribution is 2.62. The first kappa shape index (κ1) is 17.2. The van der Waals surface area contributed by atoms with E-state index in [1.807, 2.05) is 43.3 Å². The number of nitrogens with one attached hydrogen (secondary N) is 1. The number of pyridine rings is 1. The Kier molecular flexibility index (Phi) is 3.50. The van der Waals surface area contributed by atoms with E-state index in [9.17, 15) is 4.79 Å².